The molecule has 1 aromatic heterocycles. The fourth-order valence-electron chi connectivity index (χ4n) is 2.29. The summed E-state index contributed by atoms with van der Waals surface area (Å²) < 4.78 is 10.8. The maximum absolute atomic E-state index is 5.59. The number of hydrogen-bond acceptors (Lipinski definition) is 5. The number of aliphatic imine (C=N–C) groups is 1. The monoisotopic (exact) mass is 502 g/mol. The average Bonchev–Trinajstić information content (AvgIpc) is 3.15. The van der Waals surface area contributed by atoms with Crippen molar-refractivity contribution >= 4 is 29.9 Å². The SMILES string of the molecule is CN=C(NCCOCCC(C)C)NCc1nc(-c2ccc(OC)cc2)n[nH]1.I. The van der Waals surface area contributed by atoms with Gasteiger partial charge >= 0.3 is 0 Å². The maximum atomic E-state index is 5.59. The molecular weight excluding hydrogens is 471 g/mol. The van der Waals surface area contributed by atoms with Crippen LogP contribution in [0.25, 0.3) is 11.4 Å². The molecule has 0 spiro atoms. The van der Waals surface area contributed by atoms with E-state index in [1.54, 1.807) is 14.2 Å². The fourth-order valence-corrected chi connectivity index (χ4v) is 2.29. The van der Waals surface area contributed by atoms with Crippen LogP contribution < -0.4 is 15.4 Å². The van der Waals surface area contributed by atoms with Crippen molar-refractivity contribution in [2.75, 3.05) is 33.9 Å². The number of halogens is 1. The van der Waals surface area contributed by atoms with Gasteiger partial charge in [0.1, 0.15) is 11.6 Å². The van der Waals surface area contributed by atoms with E-state index in [1.807, 2.05) is 24.3 Å². The first-order valence-corrected chi connectivity index (χ1v) is 9.20. The molecular formula is C19H31IN6O2. The molecule has 0 unspecified atom stereocenters. The van der Waals surface area contributed by atoms with Gasteiger partial charge in [0.05, 0.1) is 20.3 Å². The summed E-state index contributed by atoms with van der Waals surface area (Å²) in [5, 5.41) is 13.6. The zero-order chi connectivity index (χ0) is 19.5. The first kappa shape index (κ1) is 24.2. The van der Waals surface area contributed by atoms with Crippen molar-refractivity contribution in [1.82, 2.24) is 25.8 Å². The lowest BCUT2D eigenvalue weighted by Crippen LogP contribution is -2.38. The molecule has 9 heteroatoms. The number of nitrogens with zero attached hydrogens (tertiary/aromatic N) is 3. The Kier molecular flexibility index (Phi) is 11.5. The van der Waals surface area contributed by atoms with E-state index in [2.05, 4.69) is 44.7 Å². The minimum atomic E-state index is 0. The molecule has 0 aliphatic rings. The summed E-state index contributed by atoms with van der Waals surface area (Å²) in [5.41, 5.74) is 0.930. The molecule has 0 radical (unpaired) electrons. The number of H-pyrrole nitrogens is 1. The molecule has 0 atom stereocenters. The molecule has 156 valence electrons. The summed E-state index contributed by atoms with van der Waals surface area (Å²) in [4.78, 5) is 8.70. The van der Waals surface area contributed by atoms with Crippen LogP contribution >= 0.6 is 24.0 Å². The third-order valence-electron chi connectivity index (χ3n) is 3.91. The Bertz CT molecular complexity index is 703. The van der Waals surface area contributed by atoms with Crippen molar-refractivity contribution in [1.29, 1.82) is 0 Å². The van der Waals surface area contributed by atoms with Gasteiger partial charge in [0.15, 0.2) is 11.8 Å². The highest BCUT2D eigenvalue weighted by Crippen LogP contribution is 2.18. The van der Waals surface area contributed by atoms with E-state index in [0.29, 0.717) is 37.4 Å². The molecule has 0 saturated carbocycles. The molecule has 8 nitrogen and oxygen atoms in total. The van der Waals surface area contributed by atoms with Gasteiger partial charge in [-0.15, -0.1) is 24.0 Å². The van der Waals surface area contributed by atoms with Gasteiger partial charge in [-0.2, -0.15) is 5.10 Å². The molecule has 28 heavy (non-hydrogen) atoms. The van der Waals surface area contributed by atoms with E-state index < -0.39 is 0 Å². The van der Waals surface area contributed by atoms with Crippen molar-refractivity contribution in [2.45, 2.75) is 26.8 Å². The van der Waals surface area contributed by atoms with Gasteiger partial charge in [-0.05, 0) is 36.6 Å². The van der Waals surface area contributed by atoms with Crippen LogP contribution in [0.5, 0.6) is 5.75 Å². The summed E-state index contributed by atoms with van der Waals surface area (Å²) in [6.07, 6.45) is 1.08. The predicted octanol–water partition coefficient (Wildman–Crippen LogP) is 2.83. The highest BCUT2D eigenvalue weighted by molar-refractivity contribution is 14.0. The summed E-state index contributed by atoms with van der Waals surface area (Å²) in [6.45, 7) is 7.02. The largest absolute Gasteiger partial charge is 0.497 e. The second-order valence-electron chi connectivity index (χ2n) is 6.48. The van der Waals surface area contributed by atoms with Gasteiger partial charge in [0.2, 0.25) is 0 Å². The van der Waals surface area contributed by atoms with E-state index in [9.17, 15) is 0 Å². The lowest BCUT2D eigenvalue weighted by atomic mass is 10.1. The van der Waals surface area contributed by atoms with Crippen LogP contribution in [-0.4, -0.2) is 55.1 Å². The maximum Gasteiger partial charge on any atom is 0.191 e. The number of methoxy groups -OCH3 is 1. The van der Waals surface area contributed by atoms with Gasteiger partial charge in [-0.25, -0.2) is 4.98 Å². The summed E-state index contributed by atoms with van der Waals surface area (Å²) in [5.74, 6) is 3.55. The number of aromatic amines is 1. The molecule has 0 saturated heterocycles. The zero-order valence-corrected chi connectivity index (χ0v) is 19.3. The zero-order valence-electron chi connectivity index (χ0n) is 17.0. The van der Waals surface area contributed by atoms with Gasteiger partial charge in [0, 0.05) is 25.8 Å². The first-order valence-electron chi connectivity index (χ1n) is 9.20. The van der Waals surface area contributed by atoms with Crippen LogP contribution in [0.15, 0.2) is 29.3 Å². The Balaban J connectivity index is 0.00000392. The second-order valence-corrected chi connectivity index (χ2v) is 6.48. The third kappa shape index (κ3) is 8.42. The first-order chi connectivity index (χ1) is 13.1. The lowest BCUT2D eigenvalue weighted by molar-refractivity contribution is 0.128. The minimum Gasteiger partial charge on any atom is -0.497 e. The molecule has 0 fully saturated rings. The normalized spacial score (nSPS) is 11.2. The number of rotatable bonds is 10. The van der Waals surface area contributed by atoms with Crippen molar-refractivity contribution in [3.8, 4) is 17.1 Å². The molecule has 1 aromatic carbocycles. The molecule has 0 amide bonds. The van der Waals surface area contributed by atoms with Gasteiger partial charge in [-0.1, -0.05) is 13.8 Å². The Morgan fingerprint density at radius 3 is 2.57 bits per heavy atom. The van der Waals surface area contributed by atoms with Crippen LogP contribution in [0.4, 0.5) is 0 Å². The standard InChI is InChI=1S/C19H30N6O2.HI/c1-14(2)9-11-27-12-10-21-19(20-3)22-13-17-23-18(25-24-17)15-5-7-16(26-4)8-6-15;/h5-8,14H,9-13H2,1-4H3,(H2,20,21,22)(H,23,24,25);1H. The molecule has 0 aliphatic carbocycles. The van der Waals surface area contributed by atoms with E-state index in [-0.39, 0.29) is 24.0 Å². The van der Waals surface area contributed by atoms with Crippen molar-refractivity contribution in [3.05, 3.63) is 30.1 Å². The van der Waals surface area contributed by atoms with Crippen LogP contribution in [0.2, 0.25) is 0 Å². The summed E-state index contributed by atoms with van der Waals surface area (Å²) >= 11 is 0. The summed E-state index contributed by atoms with van der Waals surface area (Å²) in [7, 11) is 3.38. The number of benzene rings is 1. The molecule has 3 N–H and O–H groups in total. The Morgan fingerprint density at radius 2 is 1.93 bits per heavy atom. The smallest absolute Gasteiger partial charge is 0.191 e. The minimum absolute atomic E-state index is 0. The highest BCUT2D eigenvalue weighted by Gasteiger charge is 2.07. The van der Waals surface area contributed by atoms with Gasteiger partial charge in [0.25, 0.3) is 0 Å². The average molecular weight is 502 g/mol. The number of aromatic nitrogens is 3. The van der Waals surface area contributed by atoms with Crippen LogP contribution in [0, 0.1) is 5.92 Å². The van der Waals surface area contributed by atoms with Gasteiger partial charge < -0.3 is 20.1 Å². The fraction of sp³-hybridized carbons (Fsp3) is 0.526. The number of ether oxygens (including phenoxy) is 2. The number of guanidine groups is 1. The van der Waals surface area contributed by atoms with E-state index in [4.69, 9.17) is 9.47 Å². The van der Waals surface area contributed by atoms with E-state index in [1.165, 1.54) is 0 Å². The molecule has 2 rings (SSSR count). The second kappa shape index (κ2) is 13.3. The van der Waals surface area contributed by atoms with E-state index >= 15 is 0 Å². The Hall–Kier alpha value is -1.88. The lowest BCUT2D eigenvalue weighted by Gasteiger charge is -2.11. The number of hydrogen-bond donors (Lipinski definition) is 3. The summed E-state index contributed by atoms with van der Waals surface area (Å²) in [6, 6.07) is 7.63. The third-order valence-corrected chi connectivity index (χ3v) is 3.91. The van der Waals surface area contributed by atoms with Crippen LogP contribution in [0.3, 0.4) is 0 Å². The topological polar surface area (TPSA) is 96.5 Å². The quantitative estimate of drug-likeness (QED) is 0.200. The Morgan fingerprint density at radius 1 is 1.18 bits per heavy atom. The molecule has 1 heterocycles. The highest BCUT2D eigenvalue weighted by atomic mass is 127. The molecule has 0 aliphatic heterocycles. The van der Waals surface area contributed by atoms with Gasteiger partial charge in [-0.3, -0.25) is 10.1 Å². The molecule has 0 bridgehead atoms. The Labute approximate surface area is 183 Å². The van der Waals surface area contributed by atoms with E-state index in [0.717, 1.165) is 30.2 Å². The van der Waals surface area contributed by atoms with Crippen LogP contribution in [0.1, 0.15) is 26.1 Å². The van der Waals surface area contributed by atoms with Crippen LogP contribution in [-0.2, 0) is 11.3 Å². The van der Waals surface area contributed by atoms with Crippen molar-refractivity contribution < 1.29 is 9.47 Å². The molecule has 2 aromatic rings. The predicted molar refractivity (Wildman–Crippen MR) is 122 cm³/mol. The van der Waals surface area contributed by atoms with Crippen molar-refractivity contribution in [3.63, 3.8) is 0 Å². The van der Waals surface area contributed by atoms with Crippen molar-refractivity contribution in [2.24, 2.45) is 10.9 Å². The number of nitrogens with one attached hydrogen (secondary N) is 3.